The number of hydrogen-bond donors (Lipinski definition) is 1. The Balaban J connectivity index is 3.65. The van der Waals surface area contributed by atoms with Crippen LogP contribution in [0.4, 0.5) is 0 Å². The minimum absolute atomic E-state index is 0.101. The van der Waals surface area contributed by atoms with Gasteiger partial charge in [0.1, 0.15) is 6.61 Å². The number of hydrogen-bond acceptors (Lipinski definition) is 6. The Kier molecular flexibility index (Phi) is 32.0. The third kappa shape index (κ3) is 33.2. The minimum atomic E-state index is -0.813. The number of ketones is 1. The third-order valence-corrected chi connectivity index (χ3v) is 8.15. The molecular weight excluding hydrogens is 564 g/mol. The second kappa shape index (κ2) is 33.4. The molecule has 0 saturated carbocycles. The summed E-state index contributed by atoms with van der Waals surface area (Å²) in [5.74, 6) is 0.308. The van der Waals surface area contributed by atoms with Crippen LogP contribution in [0.3, 0.4) is 0 Å². The van der Waals surface area contributed by atoms with Gasteiger partial charge in [-0.15, -0.1) is 0 Å². The summed E-state index contributed by atoms with van der Waals surface area (Å²) in [5, 5.41) is 9.53. The molecule has 1 atom stereocenters. The van der Waals surface area contributed by atoms with Crippen molar-refractivity contribution in [1.82, 2.24) is 0 Å². The summed E-state index contributed by atoms with van der Waals surface area (Å²) in [6.07, 6.45) is 33.4. The first-order valence-electron chi connectivity index (χ1n) is 18.7. The zero-order valence-electron chi connectivity index (χ0n) is 29.5. The normalized spacial score (nSPS) is 12.4. The van der Waals surface area contributed by atoms with Crippen LogP contribution in [0, 0.1) is 5.92 Å². The van der Waals surface area contributed by atoms with Crippen LogP contribution in [0.1, 0.15) is 181 Å². The van der Waals surface area contributed by atoms with E-state index >= 15 is 0 Å². The van der Waals surface area contributed by atoms with Crippen molar-refractivity contribution in [2.24, 2.45) is 5.92 Å². The maximum Gasteiger partial charge on any atom is 0.306 e. The zero-order chi connectivity index (χ0) is 33.2. The van der Waals surface area contributed by atoms with E-state index in [1.165, 1.54) is 83.5 Å². The average Bonchev–Trinajstić information content (AvgIpc) is 3.02. The summed E-state index contributed by atoms with van der Waals surface area (Å²) in [4.78, 5) is 36.1. The fourth-order valence-electron chi connectivity index (χ4n) is 5.25. The average molecular weight is 635 g/mol. The molecule has 0 saturated heterocycles. The molecule has 0 aliphatic carbocycles. The number of aliphatic hydroxyl groups excluding tert-OH is 1. The van der Waals surface area contributed by atoms with E-state index in [-0.39, 0.29) is 37.4 Å². The van der Waals surface area contributed by atoms with Crippen LogP contribution in [-0.4, -0.2) is 42.1 Å². The van der Waals surface area contributed by atoms with Gasteiger partial charge in [-0.05, 0) is 44.1 Å². The predicted octanol–water partition coefficient (Wildman–Crippen LogP) is 10.5. The van der Waals surface area contributed by atoms with Crippen molar-refractivity contribution in [1.29, 1.82) is 0 Å². The highest BCUT2D eigenvalue weighted by molar-refractivity contribution is 5.89. The molecule has 0 aromatic rings. The van der Waals surface area contributed by atoms with Crippen LogP contribution < -0.4 is 0 Å². The van der Waals surface area contributed by atoms with Gasteiger partial charge in [0.25, 0.3) is 0 Å². The van der Waals surface area contributed by atoms with Crippen molar-refractivity contribution in [3.05, 3.63) is 24.3 Å². The van der Waals surface area contributed by atoms with E-state index in [9.17, 15) is 19.5 Å². The first kappa shape index (κ1) is 43.0. The predicted molar refractivity (Wildman–Crippen MR) is 187 cm³/mol. The maximum atomic E-state index is 12.1. The molecule has 6 nitrogen and oxygen atoms in total. The van der Waals surface area contributed by atoms with Gasteiger partial charge in [-0.1, -0.05) is 148 Å². The summed E-state index contributed by atoms with van der Waals surface area (Å²) in [6.45, 7) is 6.32. The van der Waals surface area contributed by atoms with Gasteiger partial charge in [0, 0.05) is 19.3 Å². The molecule has 0 spiro atoms. The molecule has 0 heterocycles. The summed E-state index contributed by atoms with van der Waals surface area (Å²) < 4.78 is 10.5. The lowest BCUT2D eigenvalue weighted by Gasteiger charge is -2.15. The van der Waals surface area contributed by atoms with Crippen molar-refractivity contribution >= 4 is 17.7 Å². The van der Waals surface area contributed by atoms with Gasteiger partial charge in [-0.3, -0.25) is 14.4 Å². The van der Waals surface area contributed by atoms with E-state index in [0.29, 0.717) is 19.3 Å². The largest absolute Gasteiger partial charge is 0.462 e. The number of carbonyl (C=O) groups is 3. The van der Waals surface area contributed by atoms with E-state index < -0.39 is 6.10 Å². The molecule has 0 aliphatic heterocycles. The lowest BCUT2D eigenvalue weighted by molar-refractivity contribution is -0.161. The molecule has 0 radical (unpaired) electrons. The summed E-state index contributed by atoms with van der Waals surface area (Å²) in [6, 6.07) is 0. The van der Waals surface area contributed by atoms with E-state index in [4.69, 9.17) is 9.47 Å². The van der Waals surface area contributed by atoms with Crippen LogP contribution in [0.15, 0.2) is 24.3 Å². The van der Waals surface area contributed by atoms with Crippen LogP contribution in [0.5, 0.6) is 0 Å². The van der Waals surface area contributed by atoms with Gasteiger partial charge in [0.05, 0.1) is 6.61 Å². The lowest BCUT2D eigenvalue weighted by Crippen LogP contribution is -2.28. The molecule has 0 rings (SSSR count). The number of carbonyl (C=O) groups excluding carboxylic acids is 3. The topological polar surface area (TPSA) is 89.9 Å². The summed E-state index contributed by atoms with van der Waals surface area (Å²) in [7, 11) is 0. The van der Waals surface area contributed by atoms with Crippen molar-refractivity contribution in [3.63, 3.8) is 0 Å². The number of rotatable bonds is 33. The van der Waals surface area contributed by atoms with Crippen molar-refractivity contribution < 1.29 is 29.0 Å². The standard InChI is InChI=1S/C39H70O6/c1-4-5-6-7-14-19-24-29-36(41)30-25-20-17-22-27-32-39(43)45-37(33-40)34-44-38(42)31-26-21-16-13-11-9-8-10-12-15-18-23-28-35(2)3/h14,19,24,29,35,37,40H,4-13,15-18,20-23,25-28,30-34H2,1-3H3/b19-14-,29-24+/t37-/m0/s1. The monoisotopic (exact) mass is 635 g/mol. The van der Waals surface area contributed by atoms with Gasteiger partial charge < -0.3 is 14.6 Å². The summed E-state index contributed by atoms with van der Waals surface area (Å²) >= 11 is 0. The van der Waals surface area contributed by atoms with Crippen molar-refractivity contribution in [3.8, 4) is 0 Å². The van der Waals surface area contributed by atoms with Crippen molar-refractivity contribution in [2.75, 3.05) is 13.2 Å². The van der Waals surface area contributed by atoms with E-state index in [0.717, 1.165) is 57.3 Å². The number of ether oxygens (including phenoxy) is 2. The molecule has 1 N–H and O–H groups in total. The SMILES string of the molecule is CCCCC/C=C\C=C\C(=O)CCCCCCCC(=O)O[C@@H](CO)COC(=O)CCCCCCCCCCCCCCC(C)C. The molecule has 0 bridgehead atoms. The molecule has 6 heteroatoms. The molecule has 0 aromatic heterocycles. The Morgan fingerprint density at radius 3 is 1.67 bits per heavy atom. The zero-order valence-corrected chi connectivity index (χ0v) is 29.5. The fourth-order valence-corrected chi connectivity index (χ4v) is 5.25. The Labute approximate surface area is 277 Å². The quantitative estimate of drug-likeness (QED) is 0.0334. The van der Waals surface area contributed by atoms with Gasteiger partial charge in [-0.25, -0.2) is 0 Å². The second-order valence-corrected chi connectivity index (χ2v) is 13.2. The summed E-state index contributed by atoms with van der Waals surface area (Å²) in [5.41, 5.74) is 0. The van der Waals surface area contributed by atoms with Crippen molar-refractivity contribution in [2.45, 2.75) is 187 Å². The highest BCUT2D eigenvalue weighted by atomic mass is 16.6. The molecule has 0 aliphatic rings. The van der Waals surface area contributed by atoms with Crippen LogP contribution in [0.2, 0.25) is 0 Å². The number of esters is 2. The third-order valence-electron chi connectivity index (χ3n) is 8.15. The van der Waals surface area contributed by atoms with E-state index in [1.807, 2.05) is 12.2 Å². The van der Waals surface area contributed by atoms with Crippen LogP contribution >= 0.6 is 0 Å². The maximum absolute atomic E-state index is 12.1. The van der Waals surface area contributed by atoms with E-state index in [1.54, 1.807) is 6.08 Å². The molecule has 45 heavy (non-hydrogen) atoms. The first-order valence-corrected chi connectivity index (χ1v) is 18.7. The lowest BCUT2D eigenvalue weighted by atomic mass is 10.0. The van der Waals surface area contributed by atoms with Crippen LogP contribution in [-0.2, 0) is 23.9 Å². The highest BCUT2D eigenvalue weighted by Crippen LogP contribution is 2.15. The van der Waals surface area contributed by atoms with Gasteiger partial charge in [0.2, 0.25) is 0 Å². The molecule has 0 aromatic carbocycles. The van der Waals surface area contributed by atoms with Gasteiger partial charge in [-0.2, -0.15) is 0 Å². The number of unbranched alkanes of at least 4 members (excludes halogenated alkanes) is 18. The molecular formula is C39H70O6. The minimum Gasteiger partial charge on any atom is -0.462 e. The fraction of sp³-hybridized carbons (Fsp3) is 0.821. The first-order chi connectivity index (χ1) is 21.9. The van der Waals surface area contributed by atoms with Gasteiger partial charge >= 0.3 is 11.9 Å². The van der Waals surface area contributed by atoms with E-state index in [2.05, 4.69) is 26.8 Å². The highest BCUT2D eigenvalue weighted by Gasteiger charge is 2.16. The second-order valence-electron chi connectivity index (χ2n) is 13.2. The Hall–Kier alpha value is -1.95. The van der Waals surface area contributed by atoms with Crippen LogP contribution in [0.25, 0.3) is 0 Å². The van der Waals surface area contributed by atoms with Gasteiger partial charge in [0.15, 0.2) is 11.9 Å². The molecule has 0 amide bonds. The molecule has 262 valence electrons. The smallest absolute Gasteiger partial charge is 0.306 e. The Bertz CT molecular complexity index is 757. The molecule has 0 fully saturated rings. The number of aliphatic hydroxyl groups is 1. The number of allylic oxidation sites excluding steroid dienone is 4. The Morgan fingerprint density at radius 2 is 1.13 bits per heavy atom. The molecule has 0 unspecified atom stereocenters. The Morgan fingerprint density at radius 1 is 0.622 bits per heavy atom.